The van der Waals surface area contributed by atoms with Crippen molar-refractivity contribution in [3.05, 3.63) is 77.0 Å². The molecule has 0 aliphatic carbocycles. The van der Waals surface area contributed by atoms with Crippen LogP contribution < -0.4 is 5.11 Å². The molecule has 8 nitrogen and oxygen atoms in total. The van der Waals surface area contributed by atoms with Crippen LogP contribution in [0.4, 0.5) is 0 Å². The maximum absolute atomic E-state index is 10.4. The number of carboxylic acids is 2. The third kappa shape index (κ3) is 9.40. The zero-order valence-corrected chi connectivity index (χ0v) is 17.0. The molecule has 138 valence electrons. The van der Waals surface area contributed by atoms with Gasteiger partial charge >= 0.3 is 29.9 Å². The van der Waals surface area contributed by atoms with E-state index in [1.165, 1.54) is 0 Å². The van der Waals surface area contributed by atoms with Crippen molar-refractivity contribution in [3.8, 4) is 0 Å². The van der Waals surface area contributed by atoms with Gasteiger partial charge in [-0.1, -0.05) is 65.8 Å². The first-order valence-corrected chi connectivity index (χ1v) is 7.40. The fraction of sp³-hybridized carbons (Fsp3) is 0.111. The molecule has 2 N–H and O–H groups in total. The standard InChI is InChI=1S/2C9H9NO3.Sn/c2*11-9(12)8(10-13)6-7-4-2-1-3-5-7;/h2*1-5,13H,6H2,(H,11,12);/q;;+2/p-2/b2*10-8+;. The minimum absolute atomic E-state index is 0. The molecule has 2 rings (SSSR count). The van der Waals surface area contributed by atoms with Crippen molar-refractivity contribution in [3.63, 3.8) is 0 Å². The maximum Gasteiger partial charge on any atom is 2.00 e. The number of aliphatic carboxylic acids is 2. The first kappa shape index (κ1) is 24.1. The number of carbonyl (C=O) groups is 2. The van der Waals surface area contributed by atoms with Gasteiger partial charge in [-0.25, -0.2) is 4.79 Å². The van der Waals surface area contributed by atoms with Crippen molar-refractivity contribution in [1.29, 1.82) is 0 Å². The normalized spacial score (nSPS) is 10.8. The molecule has 9 heteroatoms. The van der Waals surface area contributed by atoms with E-state index < -0.39 is 17.7 Å². The quantitative estimate of drug-likeness (QED) is 0.272. The summed E-state index contributed by atoms with van der Waals surface area (Å²) in [7, 11) is 0. The van der Waals surface area contributed by atoms with Crippen LogP contribution in [0.1, 0.15) is 11.1 Å². The van der Waals surface area contributed by atoms with Crippen LogP contribution in [-0.4, -0.2) is 57.6 Å². The average Bonchev–Trinajstić information content (AvgIpc) is 2.66. The Morgan fingerprint density at radius 1 is 0.852 bits per heavy atom. The van der Waals surface area contributed by atoms with E-state index in [0.29, 0.717) is 0 Å². The summed E-state index contributed by atoms with van der Waals surface area (Å²) in [5, 5.41) is 42.3. The molecule has 2 aromatic carbocycles. The van der Waals surface area contributed by atoms with Crippen LogP contribution in [0.3, 0.4) is 0 Å². The van der Waals surface area contributed by atoms with Gasteiger partial charge in [0.1, 0.15) is 0 Å². The summed E-state index contributed by atoms with van der Waals surface area (Å²) in [6.07, 6.45) is 0.138. The molecule has 0 amide bonds. The number of rotatable bonds is 6. The summed E-state index contributed by atoms with van der Waals surface area (Å²) in [5.41, 5.74) is 0.788. The second-order valence-electron chi connectivity index (χ2n) is 5.00. The minimum atomic E-state index is -1.51. The van der Waals surface area contributed by atoms with E-state index in [9.17, 15) is 19.9 Å². The Morgan fingerprint density at radius 2 is 1.26 bits per heavy atom. The molecule has 0 aliphatic heterocycles. The number of nitrogens with zero attached hydrogens (tertiary/aromatic N) is 2. The maximum atomic E-state index is 10.4. The summed E-state index contributed by atoms with van der Waals surface area (Å²) < 4.78 is 0. The molecule has 0 spiro atoms. The molecule has 2 radical (unpaired) electrons. The van der Waals surface area contributed by atoms with E-state index in [1.807, 2.05) is 6.07 Å². The van der Waals surface area contributed by atoms with E-state index in [2.05, 4.69) is 10.3 Å². The van der Waals surface area contributed by atoms with Gasteiger partial charge in [-0.3, -0.25) is 0 Å². The predicted octanol–water partition coefficient (Wildman–Crippen LogP) is 0.681. The van der Waals surface area contributed by atoms with Gasteiger partial charge in [-0.15, -0.1) is 0 Å². The van der Waals surface area contributed by atoms with Gasteiger partial charge in [0.15, 0.2) is 5.71 Å². The second kappa shape index (κ2) is 13.3. The fourth-order valence-corrected chi connectivity index (χ4v) is 1.87. The number of hydrogen-bond acceptors (Lipinski definition) is 7. The molecule has 0 unspecified atom stereocenters. The molecule has 0 atom stereocenters. The molecule has 0 saturated carbocycles. The fourth-order valence-electron chi connectivity index (χ4n) is 1.87. The van der Waals surface area contributed by atoms with E-state index >= 15 is 0 Å². The van der Waals surface area contributed by atoms with Crippen molar-refractivity contribution in [1.82, 2.24) is 0 Å². The summed E-state index contributed by atoms with van der Waals surface area (Å²) in [5.74, 6) is -2.72. The largest absolute Gasteiger partial charge is 2.00 e. The van der Waals surface area contributed by atoms with Crippen molar-refractivity contribution in [2.24, 2.45) is 10.3 Å². The topological polar surface area (TPSA) is 145 Å². The Morgan fingerprint density at radius 3 is 1.56 bits per heavy atom. The molecule has 0 saturated heterocycles. The number of carbonyl (C=O) groups excluding carboxylic acids is 1. The third-order valence-electron chi connectivity index (χ3n) is 3.14. The minimum Gasteiger partial charge on any atom is -0.792 e. The van der Waals surface area contributed by atoms with Crippen LogP contribution in [0.25, 0.3) is 0 Å². The van der Waals surface area contributed by atoms with E-state index in [4.69, 9.17) is 10.3 Å². The van der Waals surface area contributed by atoms with Gasteiger partial charge in [-0.05, 0) is 11.1 Å². The van der Waals surface area contributed by atoms with Crippen LogP contribution >= 0.6 is 0 Å². The first-order valence-electron chi connectivity index (χ1n) is 7.40. The summed E-state index contributed by atoms with van der Waals surface area (Å²) in [4.78, 5) is 20.7. The van der Waals surface area contributed by atoms with Gasteiger partial charge in [0.2, 0.25) is 0 Å². The Bertz CT molecular complexity index is 711. The van der Waals surface area contributed by atoms with E-state index in [1.54, 1.807) is 54.6 Å². The number of oxime groups is 1. The predicted molar refractivity (Wildman–Crippen MR) is 98.7 cm³/mol. The van der Waals surface area contributed by atoms with Gasteiger partial charge < -0.3 is 30.6 Å². The van der Waals surface area contributed by atoms with Crippen molar-refractivity contribution in [2.45, 2.75) is 12.8 Å². The van der Waals surface area contributed by atoms with Crippen LogP contribution in [0.5, 0.6) is 0 Å². The number of carboxylic acid groups (broad SMARTS) is 2. The van der Waals surface area contributed by atoms with Crippen molar-refractivity contribution in [2.75, 3.05) is 0 Å². The molecule has 0 bridgehead atoms. The van der Waals surface area contributed by atoms with Gasteiger partial charge in [0, 0.05) is 12.8 Å². The van der Waals surface area contributed by atoms with E-state index in [0.717, 1.165) is 11.1 Å². The second-order valence-corrected chi connectivity index (χ2v) is 5.00. The summed E-state index contributed by atoms with van der Waals surface area (Å²) in [6.45, 7) is 0. The molecule has 0 fully saturated rings. The Labute approximate surface area is 172 Å². The van der Waals surface area contributed by atoms with Crippen molar-refractivity contribution >= 4 is 47.3 Å². The van der Waals surface area contributed by atoms with Gasteiger partial charge in [0.25, 0.3) is 0 Å². The smallest absolute Gasteiger partial charge is 0.792 e. The van der Waals surface area contributed by atoms with E-state index in [-0.39, 0.29) is 42.5 Å². The zero-order valence-electron chi connectivity index (χ0n) is 14.1. The summed E-state index contributed by atoms with van der Waals surface area (Å²) in [6, 6.07) is 17.7. The van der Waals surface area contributed by atoms with Crippen LogP contribution in [0.15, 0.2) is 71.0 Å². The monoisotopic (exact) mass is 476 g/mol. The van der Waals surface area contributed by atoms with Crippen LogP contribution in [0, 0.1) is 5.21 Å². The third-order valence-corrected chi connectivity index (χ3v) is 3.14. The molecular formula is C18H16N2O6Sn. The van der Waals surface area contributed by atoms with Gasteiger partial charge in [0.05, 0.1) is 11.7 Å². The average molecular weight is 475 g/mol. The SMILES string of the molecule is O=C(O)/C(Cc1ccccc1)=N/O.O=C([O-])/C(Cc1ccccc1)=N/[O-].[Sn+2]. The Kier molecular flexibility index (Phi) is 11.9. The van der Waals surface area contributed by atoms with Crippen LogP contribution in [-0.2, 0) is 22.4 Å². The summed E-state index contributed by atoms with van der Waals surface area (Å²) >= 11 is 0. The molecule has 0 aliphatic rings. The first-order chi connectivity index (χ1) is 12.5. The Hall–Kier alpha value is -2.88. The number of benzene rings is 2. The van der Waals surface area contributed by atoms with Crippen molar-refractivity contribution < 1.29 is 25.0 Å². The van der Waals surface area contributed by atoms with Crippen LogP contribution in [0.2, 0.25) is 0 Å². The Balaban J connectivity index is 0.000000483. The molecule has 0 heterocycles. The molecule has 0 aromatic heterocycles. The molecule has 2 aromatic rings. The number of hydrogen-bond donors (Lipinski definition) is 2. The van der Waals surface area contributed by atoms with Gasteiger partial charge in [-0.2, -0.15) is 0 Å². The molecular weight excluding hydrogens is 459 g/mol. The zero-order chi connectivity index (χ0) is 19.4. The molecule has 27 heavy (non-hydrogen) atoms.